The van der Waals surface area contributed by atoms with Gasteiger partial charge in [-0.25, -0.2) is 0 Å². The summed E-state index contributed by atoms with van der Waals surface area (Å²) in [4.78, 5) is 12.1. The zero-order valence-electron chi connectivity index (χ0n) is 10.9. The largest absolute Gasteiger partial charge is 0.381 e. The van der Waals surface area contributed by atoms with Crippen LogP contribution >= 0.6 is 0 Å². The van der Waals surface area contributed by atoms with Gasteiger partial charge < -0.3 is 15.4 Å². The molecule has 2 saturated heterocycles. The Morgan fingerprint density at radius 3 is 2.65 bits per heavy atom. The van der Waals surface area contributed by atoms with Crippen LogP contribution in [-0.4, -0.2) is 38.3 Å². The lowest BCUT2D eigenvalue weighted by Crippen LogP contribution is -2.44. The van der Waals surface area contributed by atoms with Crippen LogP contribution < -0.4 is 10.6 Å². The van der Waals surface area contributed by atoms with E-state index >= 15 is 0 Å². The molecule has 98 valence electrons. The van der Waals surface area contributed by atoms with Crippen molar-refractivity contribution in [1.82, 2.24) is 10.6 Å². The Balaban J connectivity index is 1.80. The minimum absolute atomic E-state index is 0.150. The van der Waals surface area contributed by atoms with E-state index in [1.165, 1.54) is 0 Å². The summed E-state index contributed by atoms with van der Waals surface area (Å²) in [5.74, 6) is 1.41. The van der Waals surface area contributed by atoms with Crippen molar-refractivity contribution in [3.63, 3.8) is 0 Å². The van der Waals surface area contributed by atoms with Crippen LogP contribution in [0, 0.1) is 17.8 Å². The number of carbonyl (C=O) groups excluding carboxylic acids is 1. The first-order valence-corrected chi connectivity index (χ1v) is 6.77. The summed E-state index contributed by atoms with van der Waals surface area (Å²) in [7, 11) is 0. The SMILES string of the molecule is CC(NC(=O)[C@@H]1CNC[C@H]1C)C1CCOCC1. The summed E-state index contributed by atoms with van der Waals surface area (Å²) >= 11 is 0. The van der Waals surface area contributed by atoms with E-state index in [0.717, 1.165) is 39.1 Å². The Morgan fingerprint density at radius 1 is 1.35 bits per heavy atom. The third-order valence-corrected chi connectivity index (χ3v) is 4.20. The standard InChI is InChI=1S/C13H24N2O2/c1-9-7-14-8-12(9)13(16)15-10(2)11-3-5-17-6-4-11/h9-12,14H,3-8H2,1-2H3,(H,15,16)/t9-,10?,12-/m1/s1. The first-order valence-electron chi connectivity index (χ1n) is 6.77. The van der Waals surface area contributed by atoms with Crippen molar-refractivity contribution in [3.05, 3.63) is 0 Å². The van der Waals surface area contributed by atoms with E-state index in [1.807, 2.05) is 0 Å². The zero-order chi connectivity index (χ0) is 12.3. The van der Waals surface area contributed by atoms with Crippen LogP contribution in [0.25, 0.3) is 0 Å². The molecule has 4 nitrogen and oxygen atoms in total. The molecule has 17 heavy (non-hydrogen) atoms. The molecule has 0 radical (unpaired) electrons. The molecule has 2 rings (SSSR count). The van der Waals surface area contributed by atoms with Crippen molar-refractivity contribution in [2.24, 2.45) is 17.8 Å². The highest BCUT2D eigenvalue weighted by molar-refractivity contribution is 5.79. The van der Waals surface area contributed by atoms with E-state index < -0.39 is 0 Å². The summed E-state index contributed by atoms with van der Waals surface area (Å²) in [6.45, 7) is 7.74. The Bertz CT molecular complexity index is 264. The molecule has 2 fully saturated rings. The fraction of sp³-hybridized carbons (Fsp3) is 0.923. The molecule has 0 saturated carbocycles. The predicted octanol–water partition coefficient (Wildman–Crippen LogP) is 0.773. The molecule has 0 aromatic carbocycles. The maximum Gasteiger partial charge on any atom is 0.224 e. The molecule has 4 heteroatoms. The summed E-state index contributed by atoms with van der Waals surface area (Å²) in [5, 5.41) is 6.46. The molecule has 0 aromatic rings. The third-order valence-electron chi connectivity index (χ3n) is 4.20. The molecule has 1 amide bonds. The van der Waals surface area contributed by atoms with E-state index in [1.54, 1.807) is 0 Å². The van der Waals surface area contributed by atoms with Gasteiger partial charge in [0, 0.05) is 25.8 Å². The molecule has 2 aliphatic rings. The molecule has 0 spiro atoms. The topological polar surface area (TPSA) is 50.4 Å². The monoisotopic (exact) mass is 240 g/mol. The summed E-state index contributed by atoms with van der Waals surface area (Å²) in [5.41, 5.74) is 0. The highest BCUT2D eigenvalue weighted by atomic mass is 16.5. The molecule has 2 aliphatic heterocycles. The number of nitrogens with one attached hydrogen (secondary N) is 2. The van der Waals surface area contributed by atoms with Crippen molar-refractivity contribution in [3.8, 4) is 0 Å². The lowest BCUT2D eigenvalue weighted by molar-refractivity contribution is -0.126. The number of carbonyl (C=O) groups is 1. The lowest BCUT2D eigenvalue weighted by atomic mass is 9.91. The summed E-state index contributed by atoms with van der Waals surface area (Å²) in [6.07, 6.45) is 2.14. The average molecular weight is 240 g/mol. The van der Waals surface area contributed by atoms with Crippen molar-refractivity contribution >= 4 is 5.91 Å². The van der Waals surface area contributed by atoms with Gasteiger partial charge in [0.25, 0.3) is 0 Å². The number of hydrogen-bond acceptors (Lipinski definition) is 3. The zero-order valence-corrected chi connectivity index (χ0v) is 10.9. The first kappa shape index (κ1) is 12.8. The first-order chi connectivity index (χ1) is 8.18. The molecular formula is C13H24N2O2. The number of hydrogen-bond donors (Lipinski definition) is 2. The van der Waals surface area contributed by atoms with Crippen LogP contribution in [0.15, 0.2) is 0 Å². The maximum absolute atomic E-state index is 12.1. The van der Waals surface area contributed by atoms with Gasteiger partial charge in [-0.05, 0) is 38.1 Å². The van der Waals surface area contributed by atoms with Gasteiger partial charge in [-0.2, -0.15) is 0 Å². The molecule has 2 heterocycles. The Labute approximate surface area is 103 Å². The lowest BCUT2D eigenvalue weighted by Gasteiger charge is -2.29. The van der Waals surface area contributed by atoms with Crippen molar-refractivity contribution < 1.29 is 9.53 Å². The Kier molecular flexibility index (Phi) is 4.40. The van der Waals surface area contributed by atoms with Gasteiger partial charge in [0.1, 0.15) is 0 Å². The molecule has 1 unspecified atom stereocenters. The number of ether oxygens (including phenoxy) is 1. The number of amides is 1. The van der Waals surface area contributed by atoms with Crippen molar-refractivity contribution in [1.29, 1.82) is 0 Å². The van der Waals surface area contributed by atoms with Crippen LogP contribution in [0.5, 0.6) is 0 Å². The quantitative estimate of drug-likeness (QED) is 0.766. The van der Waals surface area contributed by atoms with Gasteiger partial charge in [-0.15, -0.1) is 0 Å². The van der Waals surface area contributed by atoms with Crippen molar-refractivity contribution in [2.75, 3.05) is 26.3 Å². The minimum atomic E-state index is 0.150. The highest BCUT2D eigenvalue weighted by Crippen LogP contribution is 2.20. The molecule has 0 aliphatic carbocycles. The summed E-state index contributed by atoms with van der Waals surface area (Å²) in [6, 6.07) is 0.277. The average Bonchev–Trinajstić information content (AvgIpc) is 2.76. The van der Waals surface area contributed by atoms with Gasteiger partial charge >= 0.3 is 0 Å². The highest BCUT2D eigenvalue weighted by Gasteiger charge is 2.31. The minimum Gasteiger partial charge on any atom is -0.381 e. The van der Waals surface area contributed by atoms with E-state index in [2.05, 4.69) is 24.5 Å². The van der Waals surface area contributed by atoms with Crippen LogP contribution in [0.4, 0.5) is 0 Å². The van der Waals surface area contributed by atoms with Crippen LogP contribution in [0.2, 0.25) is 0 Å². The number of rotatable bonds is 3. The van der Waals surface area contributed by atoms with E-state index in [9.17, 15) is 4.79 Å². The van der Waals surface area contributed by atoms with Crippen LogP contribution in [0.1, 0.15) is 26.7 Å². The van der Waals surface area contributed by atoms with Crippen molar-refractivity contribution in [2.45, 2.75) is 32.7 Å². The summed E-state index contributed by atoms with van der Waals surface area (Å²) < 4.78 is 5.35. The molecule has 3 atom stereocenters. The van der Waals surface area contributed by atoms with Crippen LogP contribution in [-0.2, 0) is 9.53 Å². The second-order valence-corrected chi connectivity index (χ2v) is 5.49. The van der Waals surface area contributed by atoms with Crippen LogP contribution in [0.3, 0.4) is 0 Å². The predicted molar refractivity (Wildman–Crippen MR) is 66.7 cm³/mol. The Morgan fingerprint density at radius 2 is 2.06 bits per heavy atom. The van der Waals surface area contributed by atoms with Gasteiger partial charge in [0.05, 0.1) is 5.92 Å². The Hall–Kier alpha value is -0.610. The van der Waals surface area contributed by atoms with E-state index in [0.29, 0.717) is 11.8 Å². The van der Waals surface area contributed by atoms with Gasteiger partial charge in [-0.1, -0.05) is 6.92 Å². The maximum atomic E-state index is 12.1. The molecular weight excluding hydrogens is 216 g/mol. The van der Waals surface area contributed by atoms with E-state index in [-0.39, 0.29) is 17.9 Å². The molecule has 0 aromatic heterocycles. The fourth-order valence-electron chi connectivity index (χ4n) is 2.83. The van der Waals surface area contributed by atoms with E-state index in [4.69, 9.17) is 4.74 Å². The van der Waals surface area contributed by atoms with Gasteiger partial charge in [-0.3, -0.25) is 4.79 Å². The second kappa shape index (κ2) is 5.83. The normalized spacial score (nSPS) is 32.4. The fourth-order valence-corrected chi connectivity index (χ4v) is 2.83. The van der Waals surface area contributed by atoms with Gasteiger partial charge in [0.15, 0.2) is 0 Å². The van der Waals surface area contributed by atoms with Gasteiger partial charge in [0.2, 0.25) is 5.91 Å². The second-order valence-electron chi connectivity index (χ2n) is 5.49. The molecule has 2 N–H and O–H groups in total. The molecule has 0 bridgehead atoms. The third kappa shape index (κ3) is 3.19. The smallest absolute Gasteiger partial charge is 0.224 e.